The summed E-state index contributed by atoms with van der Waals surface area (Å²) in [7, 11) is 1.71. The lowest BCUT2D eigenvalue weighted by Gasteiger charge is -2.31. The molecule has 1 aliphatic rings. The first kappa shape index (κ1) is 16.3. The highest BCUT2D eigenvalue weighted by Crippen LogP contribution is 2.27. The van der Waals surface area contributed by atoms with Crippen LogP contribution >= 0.6 is 11.6 Å². The SMILES string of the molecule is CCn1c(C2CCCN(Cc3n[nH]c(C)c3Cl)C2)nn(C)c1=O. The Morgan fingerprint density at radius 2 is 2.22 bits per heavy atom. The summed E-state index contributed by atoms with van der Waals surface area (Å²) < 4.78 is 3.21. The molecule has 2 aromatic rings. The second-order valence-corrected chi connectivity index (χ2v) is 6.57. The Morgan fingerprint density at radius 3 is 2.87 bits per heavy atom. The van der Waals surface area contributed by atoms with Crippen LogP contribution in [0.15, 0.2) is 4.79 Å². The van der Waals surface area contributed by atoms with Gasteiger partial charge >= 0.3 is 5.69 Å². The summed E-state index contributed by atoms with van der Waals surface area (Å²) in [5.41, 5.74) is 1.75. The monoisotopic (exact) mass is 338 g/mol. The minimum Gasteiger partial charge on any atom is -0.297 e. The second-order valence-electron chi connectivity index (χ2n) is 6.19. The molecule has 1 atom stereocenters. The summed E-state index contributed by atoms with van der Waals surface area (Å²) in [6.07, 6.45) is 2.14. The number of H-pyrrole nitrogens is 1. The Bertz CT molecular complexity index is 746. The first-order valence-electron chi connectivity index (χ1n) is 8.06. The van der Waals surface area contributed by atoms with E-state index in [0.717, 1.165) is 54.7 Å². The molecule has 1 aliphatic heterocycles. The lowest BCUT2D eigenvalue weighted by Crippen LogP contribution is -2.35. The topological polar surface area (TPSA) is 71.7 Å². The van der Waals surface area contributed by atoms with E-state index in [1.54, 1.807) is 11.6 Å². The molecule has 0 aromatic carbocycles. The number of likely N-dealkylation sites (tertiary alicyclic amines) is 1. The zero-order valence-electron chi connectivity index (χ0n) is 13.8. The number of rotatable bonds is 4. The van der Waals surface area contributed by atoms with Crippen molar-refractivity contribution >= 4 is 11.6 Å². The maximum absolute atomic E-state index is 12.1. The minimum absolute atomic E-state index is 0.0365. The van der Waals surface area contributed by atoms with Gasteiger partial charge < -0.3 is 0 Å². The molecule has 1 saturated heterocycles. The van der Waals surface area contributed by atoms with Gasteiger partial charge in [-0.3, -0.25) is 14.6 Å². The molecule has 0 radical (unpaired) electrons. The molecule has 0 amide bonds. The van der Waals surface area contributed by atoms with Gasteiger partial charge in [-0.05, 0) is 33.2 Å². The normalized spacial score (nSPS) is 19.4. The van der Waals surface area contributed by atoms with Crippen LogP contribution in [0.2, 0.25) is 5.02 Å². The summed E-state index contributed by atoms with van der Waals surface area (Å²) >= 11 is 6.27. The zero-order chi connectivity index (χ0) is 16.6. The number of piperidine rings is 1. The maximum Gasteiger partial charge on any atom is 0.345 e. The van der Waals surface area contributed by atoms with Crippen molar-refractivity contribution in [3.63, 3.8) is 0 Å². The van der Waals surface area contributed by atoms with E-state index in [-0.39, 0.29) is 11.6 Å². The van der Waals surface area contributed by atoms with Crippen LogP contribution in [0.4, 0.5) is 0 Å². The fourth-order valence-corrected chi connectivity index (χ4v) is 3.46. The van der Waals surface area contributed by atoms with Gasteiger partial charge in [0.25, 0.3) is 0 Å². The number of aromatic amines is 1. The van der Waals surface area contributed by atoms with Crippen molar-refractivity contribution in [3.05, 3.63) is 32.7 Å². The Balaban J connectivity index is 1.77. The highest BCUT2D eigenvalue weighted by molar-refractivity contribution is 6.31. The van der Waals surface area contributed by atoms with E-state index in [1.165, 1.54) is 4.68 Å². The fourth-order valence-electron chi connectivity index (χ4n) is 3.31. The minimum atomic E-state index is -0.0365. The average molecular weight is 339 g/mol. The highest BCUT2D eigenvalue weighted by atomic mass is 35.5. The van der Waals surface area contributed by atoms with Crippen molar-refractivity contribution in [3.8, 4) is 0 Å². The van der Waals surface area contributed by atoms with Crippen LogP contribution in [0.25, 0.3) is 0 Å². The van der Waals surface area contributed by atoms with Crippen LogP contribution in [0.3, 0.4) is 0 Å². The number of aromatic nitrogens is 5. The molecule has 3 heterocycles. The van der Waals surface area contributed by atoms with E-state index in [1.807, 2.05) is 13.8 Å². The van der Waals surface area contributed by atoms with Gasteiger partial charge in [-0.25, -0.2) is 9.48 Å². The van der Waals surface area contributed by atoms with Crippen LogP contribution in [0.1, 0.15) is 42.9 Å². The van der Waals surface area contributed by atoms with E-state index >= 15 is 0 Å². The molecular weight excluding hydrogens is 316 g/mol. The van der Waals surface area contributed by atoms with Gasteiger partial charge in [0.15, 0.2) is 0 Å². The molecule has 0 saturated carbocycles. The van der Waals surface area contributed by atoms with Crippen LogP contribution in [-0.2, 0) is 20.1 Å². The number of halogens is 1. The van der Waals surface area contributed by atoms with Crippen LogP contribution in [0, 0.1) is 6.92 Å². The molecular formula is C15H23ClN6O. The van der Waals surface area contributed by atoms with Crippen molar-refractivity contribution in [1.29, 1.82) is 0 Å². The Hall–Kier alpha value is -1.60. The predicted octanol–water partition coefficient (Wildman–Crippen LogP) is 1.67. The molecule has 7 nitrogen and oxygen atoms in total. The quantitative estimate of drug-likeness (QED) is 0.920. The van der Waals surface area contributed by atoms with Gasteiger partial charge in [-0.15, -0.1) is 0 Å². The molecule has 2 aromatic heterocycles. The first-order chi connectivity index (χ1) is 11.0. The van der Waals surface area contributed by atoms with E-state index in [2.05, 4.69) is 20.2 Å². The molecule has 1 fully saturated rings. The summed E-state index contributed by atoms with van der Waals surface area (Å²) in [6.45, 7) is 7.18. The maximum atomic E-state index is 12.1. The lowest BCUT2D eigenvalue weighted by atomic mass is 9.97. The lowest BCUT2D eigenvalue weighted by molar-refractivity contribution is 0.192. The Morgan fingerprint density at radius 1 is 1.43 bits per heavy atom. The molecule has 0 aliphatic carbocycles. The number of hydrogen-bond donors (Lipinski definition) is 1. The standard InChI is InChI=1S/C15H23ClN6O/c1-4-22-14(19-20(3)15(22)23)11-6-5-7-21(8-11)9-12-13(16)10(2)17-18-12/h11H,4-9H2,1-3H3,(H,17,18). The highest BCUT2D eigenvalue weighted by Gasteiger charge is 2.27. The van der Waals surface area contributed by atoms with E-state index in [9.17, 15) is 4.79 Å². The summed E-state index contributed by atoms with van der Waals surface area (Å²) in [5, 5.41) is 12.4. The number of hydrogen-bond acceptors (Lipinski definition) is 4. The van der Waals surface area contributed by atoms with Crippen LogP contribution in [0.5, 0.6) is 0 Å². The molecule has 1 unspecified atom stereocenters. The van der Waals surface area contributed by atoms with Crippen molar-refractivity contribution < 1.29 is 0 Å². The number of nitrogens with one attached hydrogen (secondary N) is 1. The smallest absolute Gasteiger partial charge is 0.297 e. The number of aryl methyl sites for hydroxylation is 2. The van der Waals surface area contributed by atoms with Crippen molar-refractivity contribution in [2.75, 3.05) is 13.1 Å². The first-order valence-corrected chi connectivity index (χ1v) is 8.44. The third-order valence-corrected chi connectivity index (χ3v) is 5.04. The fraction of sp³-hybridized carbons (Fsp3) is 0.667. The third kappa shape index (κ3) is 3.07. The molecule has 0 bridgehead atoms. The van der Waals surface area contributed by atoms with Gasteiger partial charge in [-0.2, -0.15) is 10.2 Å². The van der Waals surface area contributed by atoms with Gasteiger partial charge in [0, 0.05) is 32.6 Å². The van der Waals surface area contributed by atoms with Gasteiger partial charge in [-0.1, -0.05) is 11.6 Å². The van der Waals surface area contributed by atoms with E-state index in [0.29, 0.717) is 6.54 Å². The molecule has 23 heavy (non-hydrogen) atoms. The Labute approximate surface area is 140 Å². The molecule has 0 spiro atoms. The van der Waals surface area contributed by atoms with Crippen molar-refractivity contribution in [1.82, 2.24) is 29.4 Å². The molecule has 3 rings (SSSR count). The molecule has 1 N–H and O–H groups in total. The molecule has 8 heteroatoms. The van der Waals surface area contributed by atoms with Crippen molar-refractivity contribution in [2.24, 2.45) is 7.05 Å². The largest absolute Gasteiger partial charge is 0.345 e. The van der Waals surface area contributed by atoms with E-state index in [4.69, 9.17) is 11.6 Å². The van der Waals surface area contributed by atoms with Gasteiger partial charge in [0.2, 0.25) is 0 Å². The van der Waals surface area contributed by atoms with Crippen LogP contribution in [-0.4, -0.2) is 42.5 Å². The Kier molecular flexibility index (Phi) is 4.59. The van der Waals surface area contributed by atoms with Gasteiger partial charge in [0.05, 0.1) is 16.4 Å². The van der Waals surface area contributed by atoms with Gasteiger partial charge in [0.1, 0.15) is 5.82 Å². The zero-order valence-corrected chi connectivity index (χ0v) is 14.6. The van der Waals surface area contributed by atoms with Crippen molar-refractivity contribution in [2.45, 2.75) is 45.7 Å². The average Bonchev–Trinajstić information content (AvgIpc) is 3.01. The predicted molar refractivity (Wildman–Crippen MR) is 88.7 cm³/mol. The molecule has 126 valence electrons. The second kappa shape index (κ2) is 6.49. The number of nitrogens with zero attached hydrogens (tertiary/aromatic N) is 5. The van der Waals surface area contributed by atoms with Crippen LogP contribution < -0.4 is 5.69 Å². The summed E-state index contributed by atoms with van der Waals surface area (Å²) in [5.74, 6) is 1.17. The summed E-state index contributed by atoms with van der Waals surface area (Å²) in [4.78, 5) is 14.4. The summed E-state index contributed by atoms with van der Waals surface area (Å²) in [6, 6.07) is 0. The van der Waals surface area contributed by atoms with E-state index < -0.39 is 0 Å². The third-order valence-electron chi connectivity index (χ3n) is 4.54.